The molecular weight excluding hydrogens is 342 g/mol. The Kier molecular flexibility index (Phi) is 5.93. The predicted molar refractivity (Wildman–Crippen MR) is 97.0 cm³/mol. The second kappa shape index (κ2) is 8.35. The first kappa shape index (κ1) is 17.8. The number of hydrogen-bond donors (Lipinski definition) is 2. The van der Waals surface area contributed by atoms with Gasteiger partial charge in [0.25, 0.3) is 0 Å². The van der Waals surface area contributed by atoms with Crippen LogP contribution in [0.5, 0.6) is 5.75 Å². The van der Waals surface area contributed by atoms with E-state index in [9.17, 15) is 9.59 Å². The van der Waals surface area contributed by atoms with Gasteiger partial charge in [-0.3, -0.25) is 14.6 Å². The lowest BCUT2D eigenvalue weighted by Gasteiger charge is -2.10. The lowest BCUT2D eigenvalue weighted by Crippen LogP contribution is -2.28. The van der Waals surface area contributed by atoms with E-state index >= 15 is 0 Å². The van der Waals surface area contributed by atoms with Gasteiger partial charge in [-0.2, -0.15) is 0 Å². The topological polar surface area (TPSA) is 89.0 Å². The lowest BCUT2D eigenvalue weighted by atomic mass is 10.2. The maximum Gasteiger partial charge on any atom is 0.240 e. The van der Waals surface area contributed by atoms with Crippen LogP contribution in [0.1, 0.15) is 19.3 Å². The van der Waals surface area contributed by atoms with E-state index in [4.69, 9.17) is 9.47 Å². The fraction of sp³-hybridized carbons (Fsp3) is 0.471. The van der Waals surface area contributed by atoms with Gasteiger partial charge in [-0.15, -0.1) is 0 Å². The molecule has 0 aliphatic carbocycles. The van der Waals surface area contributed by atoms with Crippen LogP contribution in [0.4, 0.5) is 5.69 Å². The zero-order chi connectivity index (χ0) is 17.6. The summed E-state index contributed by atoms with van der Waals surface area (Å²) in [7, 11) is 1.54. The van der Waals surface area contributed by atoms with Gasteiger partial charge in [0.15, 0.2) is 5.17 Å². The molecule has 8 heteroatoms. The maximum atomic E-state index is 12.2. The zero-order valence-corrected chi connectivity index (χ0v) is 14.8. The van der Waals surface area contributed by atoms with Crippen molar-refractivity contribution in [3.8, 4) is 5.75 Å². The Morgan fingerprint density at radius 1 is 1.48 bits per heavy atom. The first-order chi connectivity index (χ1) is 12.2. The number of thioether (sulfide) groups is 1. The zero-order valence-electron chi connectivity index (χ0n) is 14.0. The Hall–Kier alpha value is -2.06. The van der Waals surface area contributed by atoms with Crippen molar-refractivity contribution in [3.63, 3.8) is 0 Å². The van der Waals surface area contributed by atoms with Crippen LogP contribution in [0.3, 0.4) is 0 Å². The first-order valence-corrected chi connectivity index (χ1v) is 9.10. The smallest absolute Gasteiger partial charge is 0.240 e. The number of amides is 2. The Balaban J connectivity index is 1.52. The standard InChI is InChI=1S/C17H21N3O4S/c1-23-13-7-3-2-6-12(13)19-15(21)9-14-16(22)20-17(25-14)18-10-11-5-4-8-24-11/h2-3,6-7,11,14H,4-5,8-10H2,1H3,(H,19,21)(H,18,20,22)/t11-,14+/m1/s1. The van der Waals surface area contributed by atoms with Crippen LogP contribution >= 0.6 is 11.8 Å². The number of benzene rings is 1. The van der Waals surface area contributed by atoms with Crippen LogP contribution < -0.4 is 15.4 Å². The van der Waals surface area contributed by atoms with Gasteiger partial charge in [-0.1, -0.05) is 23.9 Å². The highest BCUT2D eigenvalue weighted by atomic mass is 32.2. The first-order valence-electron chi connectivity index (χ1n) is 8.22. The van der Waals surface area contributed by atoms with Gasteiger partial charge >= 0.3 is 0 Å². The van der Waals surface area contributed by atoms with Gasteiger partial charge in [-0.05, 0) is 25.0 Å². The summed E-state index contributed by atoms with van der Waals surface area (Å²) in [6.45, 7) is 1.32. The summed E-state index contributed by atoms with van der Waals surface area (Å²) >= 11 is 1.29. The highest BCUT2D eigenvalue weighted by molar-refractivity contribution is 8.15. The molecule has 2 saturated heterocycles. The van der Waals surface area contributed by atoms with Gasteiger partial charge in [0, 0.05) is 13.0 Å². The molecule has 2 amide bonds. The Bertz CT molecular complexity index is 674. The van der Waals surface area contributed by atoms with Crippen molar-refractivity contribution >= 4 is 34.4 Å². The molecule has 1 aromatic carbocycles. The molecule has 2 N–H and O–H groups in total. The minimum atomic E-state index is -0.474. The van der Waals surface area contributed by atoms with Gasteiger partial charge in [0.1, 0.15) is 11.0 Å². The lowest BCUT2D eigenvalue weighted by molar-refractivity contribution is -0.122. The monoisotopic (exact) mass is 363 g/mol. The molecule has 0 aromatic heterocycles. The molecule has 0 bridgehead atoms. The van der Waals surface area contributed by atoms with E-state index in [1.165, 1.54) is 11.8 Å². The molecule has 3 rings (SSSR count). The summed E-state index contributed by atoms with van der Waals surface area (Å²) < 4.78 is 10.7. The van der Waals surface area contributed by atoms with Crippen LogP contribution in [-0.4, -0.2) is 48.6 Å². The molecule has 7 nitrogen and oxygen atoms in total. The third-order valence-corrected chi connectivity index (χ3v) is 5.11. The minimum Gasteiger partial charge on any atom is -0.495 e. The maximum absolute atomic E-state index is 12.2. The average molecular weight is 363 g/mol. The van der Waals surface area contributed by atoms with Crippen molar-refractivity contribution in [2.24, 2.45) is 4.99 Å². The fourth-order valence-electron chi connectivity index (χ4n) is 2.71. The highest BCUT2D eigenvalue weighted by Gasteiger charge is 2.32. The van der Waals surface area contributed by atoms with Crippen LogP contribution in [-0.2, 0) is 14.3 Å². The Morgan fingerprint density at radius 3 is 3.08 bits per heavy atom. The molecular formula is C17H21N3O4S. The number of nitrogens with zero attached hydrogens (tertiary/aromatic N) is 1. The quantitative estimate of drug-likeness (QED) is 0.804. The summed E-state index contributed by atoms with van der Waals surface area (Å²) in [5.41, 5.74) is 0.589. The van der Waals surface area contributed by atoms with Gasteiger partial charge in [0.05, 0.1) is 25.4 Å². The van der Waals surface area contributed by atoms with E-state index in [0.717, 1.165) is 19.4 Å². The van der Waals surface area contributed by atoms with E-state index in [2.05, 4.69) is 15.6 Å². The van der Waals surface area contributed by atoms with E-state index in [0.29, 0.717) is 23.1 Å². The molecule has 0 saturated carbocycles. The summed E-state index contributed by atoms with van der Waals surface area (Å²) in [6, 6.07) is 7.16. The van der Waals surface area contributed by atoms with Gasteiger partial charge < -0.3 is 20.1 Å². The number of ether oxygens (including phenoxy) is 2. The molecule has 2 aliphatic rings. The predicted octanol–water partition coefficient (Wildman–Crippen LogP) is 1.79. The molecule has 0 spiro atoms. The average Bonchev–Trinajstić information content (AvgIpc) is 3.23. The number of amidine groups is 1. The summed E-state index contributed by atoms with van der Waals surface area (Å²) in [5.74, 6) is 0.155. The van der Waals surface area contributed by atoms with Crippen molar-refractivity contribution in [2.75, 3.05) is 25.6 Å². The van der Waals surface area contributed by atoms with Crippen molar-refractivity contribution in [2.45, 2.75) is 30.6 Å². The second-order valence-electron chi connectivity index (χ2n) is 5.83. The molecule has 0 unspecified atom stereocenters. The third-order valence-electron chi connectivity index (χ3n) is 3.99. The van der Waals surface area contributed by atoms with Crippen LogP contribution in [0.15, 0.2) is 29.3 Å². The van der Waals surface area contributed by atoms with E-state index in [1.54, 1.807) is 19.2 Å². The molecule has 2 atom stereocenters. The van der Waals surface area contributed by atoms with E-state index < -0.39 is 5.25 Å². The number of carbonyl (C=O) groups excluding carboxylic acids is 2. The number of aliphatic imine (C=N–C) groups is 1. The van der Waals surface area contributed by atoms with E-state index in [-0.39, 0.29) is 24.3 Å². The number of para-hydroxylation sites is 2. The van der Waals surface area contributed by atoms with Gasteiger partial charge in [-0.25, -0.2) is 0 Å². The Morgan fingerprint density at radius 2 is 2.32 bits per heavy atom. The summed E-state index contributed by atoms with van der Waals surface area (Å²) in [5, 5.41) is 5.61. The van der Waals surface area contributed by atoms with Crippen molar-refractivity contribution in [1.29, 1.82) is 0 Å². The fourth-order valence-corrected chi connectivity index (χ4v) is 3.68. The van der Waals surface area contributed by atoms with E-state index in [1.807, 2.05) is 12.1 Å². The molecule has 2 fully saturated rings. The molecule has 2 aliphatic heterocycles. The summed E-state index contributed by atoms with van der Waals surface area (Å²) in [6.07, 6.45) is 2.27. The molecule has 0 radical (unpaired) electrons. The van der Waals surface area contributed by atoms with Crippen molar-refractivity contribution in [3.05, 3.63) is 24.3 Å². The number of methoxy groups -OCH3 is 1. The van der Waals surface area contributed by atoms with Crippen LogP contribution in [0.25, 0.3) is 0 Å². The summed E-state index contributed by atoms with van der Waals surface area (Å²) in [4.78, 5) is 28.7. The normalized spacial score (nSPS) is 24.4. The second-order valence-corrected chi connectivity index (χ2v) is 7.02. The van der Waals surface area contributed by atoms with Crippen molar-refractivity contribution < 1.29 is 19.1 Å². The molecule has 134 valence electrons. The number of carbonyl (C=O) groups is 2. The largest absolute Gasteiger partial charge is 0.495 e. The number of anilines is 1. The number of hydrogen-bond acceptors (Lipinski definition) is 6. The van der Waals surface area contributed by atoms with Gasteiger partial charge in [0.2, 0.25) is 11.8 Å². The molecule has 2 heterocycles. The van der Waals surface area contributed by atoms with Crippen molar-refractivity contribution in [1.82, 2.24) is 5.32 Å². The Labute approximate surface area is 150 Å². The minimum absolute atomic E-state index is 0.0769. The molecule has 1 aromatic rings. The highest BCUT2D eigenvalue weighted by Crippen LogP contribution is 2.26. The third kappa shape index (κ3) is 4.73. The number of rotatable bonds is 6. The SMILES string of the molecule is COc1ccccc1NC(=O)C[C@@H]1SC(=NC[C@H]2CCCO2)NC1=O. The molecule has 25 heavy (non-hydrogen) atoms. The number of nitrogens with one attached hydrogen (secondary N) is 2. The van der Waals surface area contributed by atoms with Crippen LogP contribution in [0.2, 0.25) is 0 Å². The van der Waals surface area contributed by atoms with Crippen LogP contribution in [0, 0.1) is 0 Å².